The summed E-state index contributed by atoms with van der Waals surface area (Å²) in [5.74, 6) is -7.65. The number of fused-ring (bicyclic) bond motifs is 3. The maximum atomic E-state index is 14.4. The highest BCUT2D eigenvalue weighted by molar-refractivity contribution is 6.39. The molecule has 0 aromatic heterocycles. The molecule has 1 saturated carbocycles. The third-order valence-electron chi connectivity index (χ3n) is 14.1. The Morgan fingerprint density at radius 2 is 1.56 bits per heavy atom. The average molecular weight is 876 g/mol. The topological polar surface area (TPSA) is 194 Å². The van der Waals surface area contributed by atoms with Gasteiger partial charge in [-0.25, -0.2) is 9.59 Å². The first kappa shape index (κ1) is 50.0. The second-order valence-corrected chi connectivity index (χ2v) is 18.7. The van der Waals surface area contributed by atoms with Gasteiger partial charge in [-0.3, -0.25) is 14.4 Å². The molecular weight excluding hydrogens is 803 g/mol. The molecule has 1 amide bonds. The summed E-state index contributed by atoms with van der Waals surface area (Å²) in [6, 6.07) is -1.16. The van der Waals surface area contributed by atoms with Crippen LogP contribution in [0.1, 0.15) is 119 Å². The Morgan fingerprint density at radius 1 is 0.871 bits per heavy atom. The Labute approximate surface area is 367 Å². The molecule has 0 spiro atoms. The highest BCUT2D eigenvalue weighted by atomic mass is 16.7. The number of carbonyl (C=O) groups excluding carboxylic acids is 5. The van der Waals surface area contributed by atoms with Gasteiger partial charge in [0.15, 0.2) is 11.9 Å². The van der Waals surface area contributed by atoms with Crippen molar-refractivity contribution in [2.24, 2.45) is 29.6 Å². The van der Waals surface area contributed by atoms with E-state index in [2.05, 4.69) is 6.92 Å². The third kappa shape index (κ3) is 11.6. The first-order valence-corrected chi connectivity index (χ1v) is 22.9. The van der Waals surface area contributed by atoms with E-state index < -0.39 is 77.9 Å². The Hall–Kier alpha value is -3.05. The molecule has 5 aliphatic rings. The fraction of sp³-hybridized carbons (Fsp3) is 0.809. The summed E-state index contributed by atoms with van der Waals surface area (Å²) in [7, 11) is 4.67. The maximum Gasteiger partial charge on any atom is 0.335 e. The zero-order valence-corrected chi connectivity index (χ0v) is 38.4. The Kier molecular flexibility index (Phi) is 17.9. The number of piperidine rings is 1. The van der Waals surface area contributed by atoms with Crippen LogP contribution in [0, 0.1) is 29.6 Å². The van der Waals surface area contributed by atoms with Crippen LogP contribution >= 0.6 is 0 Å². The minimum absolute atomic E-state index is 0.0218. The number of rotatable bonds is 8. The number of amides is 1. The molecule has 0 radical (unpaired) electrons. The van der Waals surface area contributed by atoms with Crippen LogP contribution in [0.15, 0.2) is 23.3 Å². The van der Waals surface area contributed by atoms with Crippen LogP contribution in [0.4, 0.5) is 0 Å². The van der Waals surface area contributed by atoms with Crippen molar-refractivity contribution in [3.8, 4) is 0 Å². The van der Waals surface area contributed by atoms with Gasteiger partial charge in [0.2, 0.25) is 5.79 Å². The van der Waals surface area contributed by atoms with E-state index >= 15 is 0 Å². The molecule has 4 fully saturated rings. The molecule has 2 N–H and O–H groups in total. The van der Waals surface area contributed by atoms with Crippen LogP contribution in [-0.2, 0) is 57.1 Å². The summed E-state index contributed by atoms with van der Waals surface area (Å²) in [4.78, 5) is 70.3. The number of hydrogen-bond acceptors (Lipinski definition) is 14. The van der Waals surface area contributed by atoms with Crippen LogP contribution in [-0.4, -0.2) is 140 Å². The third-order valence-corrected chi connectivity index (χ3v) is 14.1. The highest BCUT2D eigenvalue weighted by Gasteiger charge is 2.56. The molecule has 4 aliphatic heterocycles. The summed E-state index contributed by atoms with van der Waals surface area (Å²) in [5, 5.41) is 23.9. The first-order chi connectivity index (χ1) is 29.4. The molecule has 4 heterocycles. The van der Waals surface area contributed by atoms with Crippen molar-refractivity contribution in [2.75, 3.05) is 34.5 Å². The predicted octanol–water partition coefficient (Wildman–Crippen LogP) is 4.81. The molecule has 62 heavy (non-hydrogen) atoms. The normalized spacial score (nSPS) is 40.2. The Morgan fingerprint density at radius 3 is 2.21 bits per heavy atom. The van der Waals surface area contributed by atoms with Gasteiger partial charge in [0.05, 0.1) is 37.1 Å². The molecule has 3 saturated heterocycles. The quantitative estimate of drug-likeness (QED) is 0.192. The smallest absolute Gasteiger partial charge is 0.335 e. The van der Waals surface area contributed by atoms with E-state index in [-0.39, 0.29) is 67.5 Å². The van der Waals surface area contributed by atoms with Crippen LogP contribution in [0.25, 0.3) is 0 Å². The van der Waals surface area contributed by atoms with Gasteiger partial charge < -0.3 is 48.3 Å². The lowest BCUT2D eigenvalue weighted by atomic mass is 9.81. The molecule has 2 bridgehead atoms. The van der Waals surface area contributed by atoms with E-state index in [0.29, 0.717) is 75.5 Å². The van der Waals surface area contributed by atoms with Crippen molar-refractivity contribution in [3.63, 3.8) is 0 Å². The van der Waals surface area contributed by atoms with Gasteiger partial charge in [0, 0.05) is 52.6 Å². The number of hydrogen-bond donors (Lipinski definition) is 2. The largest absolute Gasteiger partial charge is 0.464 e. The molecule has 1 aliphatic carbocycles. The lowest BCUT2D eigenvalue weighted by Gasteiger charge is -2.47. The number of ketones is 2. The van der Waals surface area contributed by atoms with E-state index in [1.807, 2.05) is 32.9 Å². The molecule has 0 aromatic carbocycles. The fourth-order valence-electron chi connectivity index (χ4n) is 10.4. The number of Topliss-reactive ketones (excluding diaryl/α,β-unsaturated/α-hetero) is 2. The van der Waals surface area contributed by atoms with Crippen molar-refractivity contribution in [1.82, 2.24) is 4.90 Å². The van der Waals surface area contributed by atoms with Gasteiger partial charge in [0.25, 0.3) is 11.7 Å². The molecule has 0 aromatic rings. The SMILES string of the molecule is CCC1=CC(C)C[C@H](C)C[C@H](OC)C2O[C@@](O)(C(=O)C(=O)N3CCCC[C@H]3C(=O)O[C@H](C(C)=C[C@@H]3CC[C@@H](OC4CCOC4=O)[C@H](OC)C3)[C@H](C)[C@@H](O)CC1=O)[C@H](C)C[C@@H]2OC. The van der Waals surface area contributed by atoms with Crippen molar-refractivity contribution < 1.29 is 67.3 Å². The minimum Gasteiger partial charge on any atom is -0.464 e. The molecule has 15 nitrogen and oxygen atoms in total. The van der Waals surface area contributed by atoms with Crippen molar-refractivity contribution in [3.05, 3.63) is 23.3 Å². The zero-order valence-electron chi connectivity index (χ0n) is 38.4. The summed E-state index contributed by atoms with van der Waals surface area (Å²) in [5.41, 5.74) is 1.25. The van der Waals surface area contributed by atoms with Crippen LogP contribution in [0.3, 0.4) is 0 Å². The number of cyclic esters (lactones) is 2. The Bertz CT molecular complexity index is 1650. The van der Waals surface area contributed by atoms with Crippen LogP contribution in [0.2, 0.25) is 0 Å². The van der Waals surface area contributed by atoms with E-state index in [0.717, 1.165) is 0 Å². The number of ether oxygens (including phenoxy) is 7. The van der Waals surface area contributed by atoms with Gasteiger partial charge in [-0.15, -0.1) is 0 Å². The average Bonchev–Trinajstić information content (AvgIpc) is 3.66. The first-order valence-electron chi connectivity index (χ1n) is 22.9. The molecular formula is C47H73NO14. The molecule has 15 atom stereocenters. The van der Waals surface area contributed by atoms with Crippen LogP contribution < -0.4 is 0 Å². The van der Waals surface area contributed by atoms with Crippen molar-refractivity contribution >= 4 is 29.4 Å². The fourth-order valence-corrected chi connectivity index (χ4v) is 10.4. The lowest BCUT2D eigenvalue weighted by molar-refractivity contribution is -0.302. The van der Waals surface area contributed by atoms with Gasteiger partial charge in [-0.1, -0.05) is 46.8 Å². The number of aliphatic hydroxyl groups is 2. The van der Waals surface area contributed by atoms with E-state index in [9.17, 15) is 34.2 Å². The number of nitrogens with zero attached hydrogens (tertiary/aromatic N) is 1. The van der Waals surface area contributed by atoms with Crippen LogP contribution in [0.5, 0.6) is 0 Å². The second kappa shape index (κ2) is 22.2. The highest BCUT2D eigenvalue weighted by Crippen LogP contribution is 2.39. The number of methoxy groups -OCH3 is 3. The monoisotopic (exact) mass is 876 g/mol. The maximum absolute atomic E-state index is 14.4. The molecule has 350 valence electrons. The van der Waals surface area contributed by atoms with Crippen molar-refractivity contribution in [1.29, 1.82) is 0 Å². The van der Waals surface area contributed by atoms with E-state index in [4.69, 9.17) is 33.2 Å². The molecule has 15 heteroatoms. The van der Waals surface area contributed by atoms with Gasteiger partial charge in [-0.05, 0) is 100 Å². The molecule has 3 unspecified atom stereocenters. The standard InChI is InChI=1S/C47H73NO14/c1-10-32-20-26(2)19-27(3)21-39(57-8)42-40(58-9)23-29(5)47(55,62-42)43(51)44(52)48-17-12-11-13-33(48)45(53)61-41(30(6)34(49)25-35(32)50)28(4)22-31-14-15-36(38(24-31)56-7)60-37-16-18-59-46(37)54/h20,22,26-27,29-31,33-34,36-42,49,55H,10-19,21,23-25H2,1-9H3/t26?,27-,29+,30+,31-,33-,34-,36+,37?,38+,39-,40-,41+,42?,47+/m0/s1. The summed E-state index contributed by atoms with van der Waals surface area (Å²) < 4.78 is 41.4. The van der Waals surface area contributed by atoms with E-state index in [1.165, 1.54) is 19.1 Å². The summed E-state index contributed by atoms with van der Waals surface area (Å²) in [6.07, 6.45) is 3.79. The summed E-state index contributed by atoms with van der Waals surface area (Å²) >= 11 is 0. The number of allylic oxidation sites excluding steroid dienone is 3. The van der Waals surface area contributed by atoms with Gasteiger partial charge in [-0.2, -0.15) is 0 Å². The zero-order chi connectivity index (χ0) is 45.5. The van der Waals surface area contributed by atoms with E-state index in [1.54, 1.807) is 21.0 Å². The number of aliphatic hydroxyl groups excluding tert-OH is 1. The predicted molar refractivity (Wildman–Crippen MR) is 226 cm³/mol. The number of esters is 2. The van der Waals surface area contributed by atoms with Gasteiger partial charge in [0.1, 0.15) is 18.2 Å². The Balaban J connectivity index is 1.48. The number of carbonyl (C=O) groups is 5. The summed E-state index contributed by atoms with van der Waals surface area (Å²) in [6.45, 7) is 11.6. The van der Waals surface area contributed by atoms with Crippen molar-refractivity contribution in [2.45, 2.75) is 179 Å². The van der Waals surface area contributed by atoms with Gasteiger partial charge >= 0.3 is 11.9 Å². The minimum atomic E-state index is -2.52. The lowest BCUT2D eigenvalue weighted by Crippen LogP contribution is -2.64. The molecule has 5 rings (SSSR count). The second-order valence-electron chi connectivity index (χ2n) is 18.7.